The van der Waals surface area contributed by atoms with Gasteiger partial charge in [-0.2, -0.15) is 0 Å². The molecular weight excluding hydrogens is 352 g/mol. The predicted molar refractivity (Wildman–Crippen MR) is 101 cm³/mol. The van der Waals surface area contributed by atoms with Crippen LogP contribution in [-0.4, -0.2) is 15.4 Å². The van der Waals surface area contributed by atoms with E-state index in [0.29, 0.717) is 21.9 Å². The van der Waals surface area contributed by atoms with Crippen molar-refractivity contribution >= 4 is 23.2 Å². The summed E-state index contributed by atoms with van der Waals surface area (Å²) >= 11 is 5.88. The SMILES string of the molecule is CCCCc1ccc(C(=O)OCc2cc(=O)n3cc(Cl)ccc3n2)cc1. The number of benzene rings is 1. The first kappa shape index (κ1) is 18.1. The van der Waals surface area contributed by atoms with Crippen molar-refractivity contribution in [3.8, 4) is 0 Å². The average Bonchev–Trinajstić information content (AvgIpc) is 2.65. The summed E-state index contributed by atoms with van der Waals surface area (Å²) in [6.45, 7) is 2.08. The van der Waals surface area contributed by atoms with Crippen LogP contribution in [0.2, 0.25) is 5.02 Å². The van der Waals surface area contributed by atoms with Gasteiger partial charge in [0.15, 0.2) is 0 Å². The Labute approximate surface area is 156 Å². The van der Waals surface area contributed by atoms with E-state index in [9.17, 15) is 9.59 Å². The smallest absolute Gasteiger partial charge is 0.338 e. The van der Waals surface area contributed by atoms with Gasteiger partial charge in [0.1, 0.15) is 12.3 Å². The van der Waals surface area contributed by atoms with E-state index in [2.05, 4.69) is 11.9 Å². The number of carbonyl (C=O) groups is 1. The molecular formula is C20H19ClN2O3. The first-order chi connectivity index (χ1) is 12.6. The maximum atomic E-state index is 12.2. The molecule has 0 bridgehead atoms. The highest BCUT2D eigenvalue weighted by Gasteiger charge is 2.09. The zero-order valence-corrected chi connectivity index (χ0v) is 15.2. The van der Waals surface area contributed by atoms with E-state index in [4.69, 9.17) is 16.3 Å². The van der Waals surface area contributed by atoms with Crippen molar-refractivity contribution in [3.05, 3.63) is 80.9 Å². The first-order valence-electron chi connectivity index (χ1n) is 8.50. The number of pyridine rings is 1. The van der Waals surface area contributed by atoms with Gasteiger partial charge in [0.05, 0.1) is 16.3 Å². The summed E-state index contributed by atoms with van der Waals surface area (Å²) in [4.78, 5) is 28.6. The Morgan fingerprint density at radius 1 is 1.19 bits per heavy atom. The molecule has 0 aliphatic rings. The molecule has 0 N–H and O–H groups in total. The minimum Gasteiger partial charge on any atom is -0.456 e. The molecule has 1 aromatic carbocycles. The second-order valence-electron chi connectivity index (χ2n) is 6.04. The normalized spacial score (nSPS) is 10.8. The van der Waals surface area contributed by atoms with Crippen LogP contribution in [0.4, 0.5) is 0 Å². The Morgan fingerprint density at radius 3 is 2.69 bits per heavy atom. The molecule has 0 aliphatic heterocycles. The lowest BCUT2D eigenvalue weighted by Crippen LogP contribution is -2.16. The minimum absolute atomic E-state index is 0.0647. The lowest BCUT2D eigenvalue weighted by molar-refractivity contribution is 0.0467. The molecule has 0 saturated carbocycles. The highest BCUT2D eigenvalue weighted by Crippen LogP contribution is 2.11. The zero-order chi connectivity index (χ0) is 18.5. The number of aryl methyl sites for hydroxylation is 1. The molecule has 0 radical (unpaired) electrons. The highest BCUT2D eigenvalue weighted by atomic mass is 35.5. The third-order valence-corrected chi connectivity index (χ3v) is 4.26. The van der Waals surface area contributed by atoms with Gasteiger partial charge in [0.25, 0.3) is 5.56 Å². The number of halogens is 1. The first-order valence-corrected chi connectivity index (χ1v) is 8.88. The summed E-state index contributed by atoms with van der Waals surface area (Å²) in [6, 6.07) is 12.0. The van der Waals surface area contributed by atoms with Crippen molar-refractivity contribution in [2.75, 3.05) is 0 Å². The molecule has 0 unspecified atom stereocenters. The molecule has 0 saturated heterocycles. The second-order valence-corrected chi connectivity index (χ2v) is 6.47. The van der Waals surface area contributed by atoms with E-state index < -0.39 is 5.97 Å². The van der Waals surface area contributed by atoms with E-state index in [1.54, 1.807) is 24.3 Å². The topological polar surface area (TPSA) is 60.7 Å². The minimum atomic E-state index is -0.440. The largest absolute Gasteiger partial charge is 0.456 e. The van der Waals surface area contributed by atoms with Gasteiger partial charge in [-0.25, -0.2) is 9.78 Å². The Balaban J connectivity index is 1.68. The number of ether oxygens (including phenoxy) is 1. The van der Waals surface area contributed by atoms with E-state index in [1.165, 1.54) is 22.2 Å². The van der Waals surface area contributed by atoms with Crippen molar-refractivity contribution in [3.63, 3.8) is 0 Å². The van der Waals surface area contributed by atoms with Gasteiger partial charge >= 0.3 is 5.97 Å². The fraction of sp³-hybridized carbons (Fsp3) is 0.250. The summed E-state index contributed by atoms with van der Waals surface area (Å²) in [5.41, 5.74) is 2.25. The van der Waals surface area contributed by atoms with Crippen LogP contribution in [0, 0.1) is 0 Å². The molecule has 3 aromatic rings. The molecule has 6 heteroatoms. The van der Waals surface area contributed by atoms with Crippen LogP contribution in [0.15, 0.2) is 53.5 Å². The maximum absolute atomic E-state index is 12.2. The van der Waals surface area contributed by atoms with Crippen molar-refractivity contribution in [2.24, 2.45) is 0 Å². The number of nitrogens with zero attached hydrogens (tertiary/aromatic N) is 2. The number of aromatic nitrogens is 2. The van der Waals surface area contributed by atoms with Crippen LogP contribution in [0.1, 0.15) is 41.4 Å². The zero-order valence-electron chi connectivity index (χ0n) is 14.4. The number of esters is 1. The van der Waals surface area contributed by atoms with E-state index >= 15 is 0 Å². The van der Waals surface area contributed by atoms with Crippen molar-refractivity contribution in [1.29, 1.82) is 0 Å². The van der Waals surface area contributed by atoms with Crippen molar-refractivity contribution in [1.82, 2.24) is 9.38 Å². The number of fused-ring (bicyclic) bond motifs is 1. The Kier molecular flexibility index (Phi) is 5.68. The highest BCUT2D eigenvalue weighted by molar-refractivity contribution is 6.30. The van der Waals surface area contributed by atoms with Crippen LogP contribution in [-0.2, 0) is 17.8 Å². The molecule has 0 fully saturated rings. The molecule has 2 heterocycles. The van der Waals surface area contributed by atoms with Gasteiger partial charge < -0.3 is 4.74 Å². The molecule has 134 valence electrons. The summed E-state index contributed by atoms with van der Waals surface area (Å²) < 4.78 is 6.64. The number of rotatable bonds is 6. The van der Waals surface area contributed by atoms with Crippen LogP contribution in [0.5, 0.6) is 0 Å². The summed E-state index contributed by atoms with van der Waals surface area (Å²) in [5, 5.41) is 0.447. The third kappa shape index (κ3) is 4.29. The van der Waals surface area contributed by atoms with Crippen LogP contribution < -0.4 is 5.56 Å². The number of hydrogen-bond acceptors (Lipinski definition) is 4. The molecule has 26 heavy (non-hydrogen) atoms. The molecule has 3 rings (SSSR count). The van der Waals surface area contributed by atoms with Crippen LogP contribution in [0.3, 0.4) is 0 Å². The van der Waals surface area contributed by atoms with Gasteiger partial charge in [-0.15, -0.1) is 0 Å². The number of unbranched alkanes of at least 4 members (excludes halogenated alkanes) is 1. The molecule has 0 atom stereocenters. The molecule has 0 aliphatic carbocycles. The average molecular weight is 371 g/mol. The van der Waals surface area contributed by atoms with E-state index in [1.807, 2.05) is 12.1 Å². The van der Waals surface area contributed by atoms with Gasteiger partial charge in [0.2, 0.25) is 0 Å². The van der Waals surface area contributed by atoms with Crippen LogP contribution in [0.25, 0.3) is 5.65 Å². The fourth-order valence-electron chi connectivity index (χ4n) is 2.61. The molecule has 2 aromatic heterocycles. The predicted octanol–water partition coefficient (Wildman–Crippen LogP) is 4.05. The monoisotopic (exact) mass is 370 g/mol. The van der Waals surface area contributed by atoms with E-state index in [-0.39, 0.29) is 12.2 Å². The third-order valence-electron chi connectivity index (χ3n) is 4.04. The molecule has 0 amide bonds. The lowest BCUT2D eigenvalue weighted by Gasteiger charge is -2.07. The van der Waals surface area contributed by atoms with Gasteiger partial charge in [-0.1, -0.05) is 37.1 Å². The lowest BCUT2D eigenvalue weighted by atomic mass is 10.1. The van der Waals surface area contributed by atoms with Crippen LogP contribution >= 0.6 is 11.6 Å². The van der Waals surface area contributed by atoms with Crippen molar-refractivity contribution < 1.29 is 9.53 Å². The summed E-state index contributed by atoms with van der Waals surface area (Å²) in [6.07, 6.45) is 4.76. The van der Waals surface area contributed by atoms with E-state index in [0.717, 1.165) is 19.3 Å². The maximum Gasteiger partial charge on any atom is 0.338 e. The Bertz CT molecular complexity index is 981. The summed E-state index contributed by atoms with van der Waals surface area (Å²) in [5.74, 6) is -0.440. The van der Waals surface area contributed by atoms with Gasteiger partial charge in [-0.3, -0.25) is 9.20 Å². The molecule has 5 nitrogen and oxygen atoms in total. The Hall–Kier alpha value is -2.66. The van der Waals surface area contributed by atoms with Gasteiger partial charge in [0, 0.05) is 12.3 Å². The number of carbonyl (C=O) groups excluding carboxylic acids is 1. The standard InChI is InChI=1S/C20H19ClN2O3/c1-2-3-4-14-5-7-15(8-6-14)20(25)26-13-17-11-19(24)23-12-16(21)9-10-18(23)22-17/h5-12H,2-4,13H2,1H3. The number of hydrogen-bond donors (Lipinski definition) is 0. The molecule has 0 spiro atoms. The quantitative estimate of drug-likeness (QED) is 0.614. The fourth-order valence-corrected chi connectivity index (χ4v) is 2.77. The van der Waals surface area contributed by atoms with Gasteiger partial charge in [-0.05, 0) is 42.7 Å². The second kappa shape index (κ2) is 8.15. The summed E-state index contributed by atoms with van der Waals surface area (Å²) in [7, 11) is 0. The Morgan fingerprint density at radius 2 is 1.96 bits per heavy atom. The van der Waals surface area contributed by atoms with Crippen molar-refractivity contribution in [2.45, 2.75) is 32.8 Å².